The molecule has 5 heteroatoms. The summed E-state index contributed by atoms with van der Waals surface area (Å²) in [6.45, 7) is 3.09. The van der Waals surface area contributed by atoms with Gasteiger partial charge in [0.1, 0.15) is 6.10 Å². The van der Waals surface area contributed by atoms with Crippen LogP contribution in [0.25, 0.3) is 0 Å². The Morgan fingerprint density at radius 3 is 2.87 bits per heavy atom. The lowest BCUT2D eigenvalue weighted by Gasteiger charge is -2.38. The molecular weight excluding hydrogens is 312 g/mol. The van der Waals surface area contributed by atoms with Gasteiger partial charge < -0.3 is 9.64 Å². The number of nitrogens with zero attached hydrogens (tertiary/aromatic N) is 2. The summed E-state index contributed by atoms with van der Waals surface area (Å²) in [5, 5.41) is 0.680. The minimum absolute atomic E-state index is 0.0692. The molecule has 0 aliphatic carbocycles. The predicted octanol–water partition coefficient (Wildman–Crippen LogP) is 3.27. The minimum Gasteiger partial charge on any atom is -0.370 e. The van der Waals surface area contributed by atoms with Crippen LogP contribution in [0.5, 0.6) is 0 Å². The molecule has 1 amide bonds. The number of hydrogen-bond donors (Lipinski definition) is 0. The van der Waals surface area contributed by atoms with Crippen molar-refractivity contribution >= 4 is 17.5 Å². The Kier molecular flexibility index (Phi) is 4.94. The standard InChI is InChI=1S/C18H19ClN2O2/c1-13-12-23-17(15-3-2-4-16(19)10-15)11-21(13)18(22)9-14-5-7-20-8-6-14/h2-8,10,13,17H,9,11-12H2,1H3/t13-,17-/m1/s1. The van der Waals surface area contributed by atoms with Crippen molar-refractivity contribution in [3.8, 4) is 0 Å². The van der Waals surface area contributed by atoms with Crippen LogP contribution >= 0.6 is 11.6 Å². The zero-order valence-electron chi connectivity index (χ0n) is 13.0. The van der Waals surface area contributed by atoms with Crippen molar-refractivity contribution in [1.29, 1.82) is 0 Å². The van der Waals surface area contributed by atoms with Gasteiger partial charge in [-0.15, -0.1) is 0 Å². The van der Waals surface area contributed by atoms with E-state index in [-0.39, 0.29) is 18.1 Å². The van der Waals surface area contributed by atoms with E-state index in [1.54, 1.807) is 12.4 Å². The number of ether oxygens (including phenoxy) is 1. The van der Waals surface area contributed by atoms with Crippen LogP contribution in [-0.2, 0) is 16.0 Å². The highest BCUT2D eigenvalue weighted by molar-refractivity contribution is 6.30. The summed E-state index contributed by atoms with van der Waals surface area (Å²) in [6.07, 6.45) is 3.67. The van der Waals surface area contributed by atoms with Crippen molar-refractivity contribution in [1.82, 2.24) is 9.88 Å². The molecule has 2 atom stereocenters. The zero-order valence-corrected chi connectivity index (χ0v) is 13.7. The SMILES string of the molecule is C[C@@H]1CO[C@@H](c2cccc(Cl)c2)CN1C(=O)Cc1ccncc1. The first-order chi connectivity index (χ1) is 11.1. The molecule has 3 rings (SSSR count). The van der Waals surface area contributed by atoms with Crippen LogP contribution < -0.4 is 0 Å². The number of carbonyl (C=O) groups is 1. The van der Waals surface area contributed by atoms with Crippen molar-refractivity contribution in [2.75, 3.05) is 13.2 Å². The van der Waals surface area contributed by atoms with Gasteiger partial charge in [-0.05, 0) is 42.3 Å². The summed E-state index contributed by atoms with van der Waals surface area (Å²) in [4.78, 5) is 18.5. The van der Waals surface area contributed by atoms with Gasteiger partial charge in [0, 0.05) is 17.4 Å². The van der Waals surface area contributed by atoms with Crippen molar-refractivity contribution in [3.63, 3.8) is 0 Å². The Hall–Kier alpha value is -1.91. The summed E-state index contributed by atoms with van der Waals surface area (Å²) in [7, 11) is 0. The van der Waals surface area contributed by atoms with Gasteiger partial charge in [0.15, 0.2) is 0 Å². The van der Waals surface area contributed by atoms with Crippen LogP contribution in [0, 0.1) is 0 Å². The van der Waals surface area contributed by atoms with E-state index >= 15 is 0 Å². The fourth-order valence-corrected chi connectivity index (χ4v) is 2.99. The normalized spacial score (nSPS) is 21.2. The zero-order chi connectivity index (χ0) is 16.2. The topological polar surface area (TPSA) is 42.4 Å². The van der Waals surface area contributed by atoms with E-state index in [1.807, 2.05) is 48.2 Å². The molecule has 0 N–H and O–H groups in total. The van der Waals surface area contributed by atoms with Gasteiger partial charge in [-0.3, -0.25) is 9.78 Å². The lowest BCUT2D eigenvalue weighted by Crippen LogP contribution is -2.48. The van der Waals surface area contributed by atoms with Gasteiger partial charge in [-0.25, -0.2) is 0 Å². The van der Waals surface area contributed by atoms with Crippen molar-refractivity contribution in [2.45, 2.75) is 25.5 Å². The number of benzene rings is 1. The van der Waals surface area contributed by atoms with Crippen molar-refractivity contribution in [3.05, 3.63) is 64.9 Å². The van der Waals surface area contributed by atoms with Crippen LogP contribution in [0.15, 0.2) is 48.8 Å². The van der Waals surface area contributed by atoms with Crippen LogP contribution in [0.3, 0.4) is 0 Å². The maximum absolute atomic E-state index is 12.6. The molecule has 2 aromatic rings. The second kappa shape index (κ2) is 7.11. The molecule has 1 aromatic carbocycles. The molecule has 0 saturated carbocycles. The van der Waals surface area contributed by atoms with Crippen LogP contribution in [0.4, 0.5) is 0 Å². The highest BCUT2D eigenvalue weighted by atomic mass is 35.5. The molecule has 23 heavy (non-hydrogen) atoms. The van der Waals surface area contributed by atoms with Gasteiger partial charge in [0.2, 0.25) is 5.91 Å². The summed E-state index contributed by atoms with van der Waals surface area (Å²) in [5.74, 6) is 0.110. The van der Waals surface area contributed by atoms with E-state index in [9.17, 15) is 4.79 Å². The van der Waals surface area contributed by atoms with Gasteiger partial charge >= 0.3 is 0 Å². The molecule has 1 saturated heterocycles. The smallest absolute Gasteiger partial charge is 0.227 e. The van der Waals surface area contributed by atoms with E-state index < -0.39 is 0 Å². The monoisotopic (exact) mass is 330 g/mol. The molecule has 0 bridgehead atoms. The Labute approximate surface area is 141 Å². The number of rotatable bonds is 3. The Bertz CT molecular complexity index is 678. The fourth-order valence-electron chi connectivity index (χ4n) is 2.79. The van der Waals surface area contributed by atoms with E-state index in [0.29, 0.717) is 24.6 Å². The second-order valence-electron chi connectivity index (χ2n) is 5.80. The molecule has 1 fully saturated rings. The number of pyridine rings is 1. The molecule has 0 radical (unpaired) electrons. The first-order valence-corrected chi connectivity index (χ1v) is 8.06. The summed E-state index contributed by atoms with van der Waals surface area (Å²) in [5.41, 5.74) is 1.98. The maximum Gasteiger partial charge on any atom is 0.227 e. The largest absolute Gasteiger partial charge is 0.370 e. The molecule has 0 unspecified atom stereocenters. The number of halogens is 1. The van der Waals surface area contributed by atoms with Gasteiger partial charge in [0.25, 0.3) is 0 Å². The molecule has 4 nitrogen and oxygen atoms in total. The predicted molar refractivity (Wildman–Crippen MR) is 89.3 cm³/mol. The average Bonchev–Trinajstić information content (AvgIpc) is 2.56. The van der Waals surface area contributed by atoms with Gasteiger partial charge in [0.05, 0.1) is 25.6 Å². The highest BCUT2D eigenvalue weighted by Gasteiger charge is 2.30. The van der Waals surface area contributed by atoms with Crippen LogP contribution in [0.2, 0.25) is 5.02 Å². The number of hydrogen-bond acceptors (Lipinski definition) is 3. The molecule has 2 heterocycles. The quantitative estimate of drug-likeness (QED) is 0.867. The summed E-state index contributed by atoms with van der Waals surface area (Å²) in [6, 6.07) is 11.4. The van der Waals surface area contributed by atoms with Crippen LogP contribution in [-0.4, -0.2) is 35.0 Å². The molecule has 120 valence electrons. The third kappa shape index (κ3) is 3.89. The molecular formula is C18H19ClN2O2. The second-order valence-corrected chi connectivity index (χ2v) is 6.24. The summed E-state index contributed by atoms with van der Waals surface area (Å²) >= 11 is 6.06. The number of amides is 1. The van der Waals surface area contributed by atoms with E-state index in [0.717, 1.165) is 11.1 Å². The van der Waals surface area contributed by atoms with E-state index in [4.69, 9.17) is 16.3 Å². The van der Waals surface area contributed by atoms with Crippen molar-refractivity contribution in [2.24, 2.45) is 0 Å². The maximum atomic E-state index is 12.6. The molecule has 1 aliphatic rings. The number of morpholine rings is 1. The number of aromatic nitrogens is 1. The van der Waals surface area contributed by atoms with Gasteiger partial charge in [-0.2, -0.15) is 0 Å². The first-order valence-electron chi connectivity index (χ1n) is 7.69. The Balaban J connectivity index is 1.72. The Morgan fingerprint density at radius 2 is 2.13 bits per heavy atom. The Morgan fingerprint density at radius 1 is 1.35 bits per heavy atom. The van der Waals surface area contributed by atoms with Gasteiger partial charge in [-0.1, -0.05) is 23.7 Å². The van der Waals surface area contributed by atoms with Crippen LogP contribution in [0.1, 0.15) is 24.2 Å². The lowest BCUT2D eigenvalue weighted by atomic mass is 10.0. The third-order valence-corrected chi connectivity index (χ3v) is 4.31. The molecule has 1 aromatic heterocycles. The molecule has 1 aliphatic heterocycles. The van der Waals surface area contributed by atoms with E-state index in [2.05, 4.69) is 4.98 Å². The fraction of sp³-hybridized carbons (Fsp3) is 0.333. The summed E-state index contributed by atoms with van der Waals surface area (Å²) < 4.78 is 5.90. The van der Waals surface area contributed by atoms with E-state index in [1.165, 1.54) is 0 Å². The third-order valence-electron chi connectivity index (χ3n) is 4.08. The average molecular weight is 331 g/mol. The first kappa shape index (κ1) is 16.0. The van der Waals surface area contributed by atoms with Crippen molar-refractivity contribution < 1.29 is 9.53 Å². The lowest BCUT2D eigenvalue weighted by molar-refractivity contribution is -0.143. The molecule has 0 spiro atoms. The number of carbonyl (C=O) groups excluding carboxylic acids is 1. The minimum atomic E-state index is -0.133. The highest BCUT2D eigenvalue weighted by Crippen LogP contribution is 2.27.